The van der Waals surface area contributed by atoms with Crippen molar-refractivity contribution in [3.63, 3.8) is 0 Å². The minimum absolute atomic E-state index is 0.882. The molecule has 0 radical (unpaired) electrons. The van der Waals surface area contributed by atoms with Gasteiger partial charge in [-0.15, -0.1) is 0 Å². The lowest BCUT2D eigenvalue weighted by molar-refractivity contribution is 0.269. The van der Waals surface area contributed by atoms with E-state index in [0.717, 1.165) is 18.4 Å². The lowest BCUT2D eigenvalue weighted by Gasteiger charge is -2.19. The summed E-state index contributed by atoms with van der Waals surface area (Å²) in [6.45, 7) is 4.95. The van der Waals surface area contributed by atoms with Crippen LogP contribution in [0.4, 0.5) is 0 Å². The van der Waals surface area contributed by atoms with Crippen molar-refractivity contribution < 1.29 is 0 Å². The van der Waals surface area contributed by atoms with Gasteiger partial charge in [0.25, 0.3) is 0 Å². The molecule has 0 spiro atoms. The highest BCUT2D eigenvalue weighted by Gasteiger charge is 2.25. The Morgan fingerprint density at radius 1 is 1.00 bits per heavy atom. The summed E-state index contributed by atoms with van der Waals surface area (Å²) in [6.07, 6.45) is 8.43. The molecule has 2 rings (SSSR count). The second-order valence-corrected chi connectivity index (χ2v) is 5.12. The van der Waals surface area contributed by atoms with E-state index in [1.54, 1.807) is 0 Å². The molecule has 2 heteroatoms. The topological polar surface area (TPSA) is 29.3 Å². The summed E-state index contributed by atoms with van der Waals surface area (Å²) in [5.41, 5.74) is 5.62. The average Bonchev–Trinajstić information content (AvgIpc) is 2.97. The molecule has 1 saturated carbocycles. The second kappa shape index (κ2) is 5.13. The minimum Gasteiger partial charge on any atom is -0.330 e. The Bertz CT molecular complexity index is 166. The van der Waals surface area contributed by atoms with Crippen molar-refractivity contribution >= 4 is 0 Å². The van der Waals surface area contributed by atoms with Gasteiger partial charge in [0.15, 0.2) is 0 Å². The second-order valence-electron chi connectivity index (χ2n) is 5.12. The molecule has 1 aliphatic carbocycles. The molecular formula is C12H24N2. The van der Waals surface area contributed by atoms with Gasteiger partial charge >= 0.3 is 0 Å². The summed E-state index contributed by atoms with van der Waals surface area (Å²) in [4.78, 5) is 2.69. The van der Waals surface area contributed by atoms with Crippen LogP contribution < -0.4 is 5.73 Å². The quantitative estimate of drug-likeness (QED) is 0.743. The van der Waals surface area contributed by atoms with Gasteiger partial charge in [-0.25, -0.2) is 0 Å². The van der Waals surface area contributed by atoms with E-state index in [1.165, 1.54) is 58.2 Å². The molecule has 2 N–H and O–H groups in total. The van der Waals surface area contributed by atoms with E-state index >= 15 is 0 Å². The first kappa shape index (κ1) is 10.4. The number of nitrogens with two attached hydrogens (primary N) is 1. The largest absolute Gasteiger partial charge is 0.330 e. The average molecular weight is 196 g/mol. The van der Waals surface area contributed by atoms with Gasteiger partial charge in [-0.05, 0) is 70.0 Å². The van der Waals surface area contributed by atoms with Gasteiger partial charge in [0.05, 0.1) is 0 Å². The molecule has 1 atom stereocenters. The Morgan fingerprint density at radius 2 is 1.86 bits per heavy atom. The molecule has 0 aromatic heterocycles. The van der Waals surface area contributed by atoms with E-state index in [2.05, 4.69) is 4.90 Å². The summed E-state index contributed by atoms with van der Waals surface area (Å²) in [7, 11) is 0. The van der Waals surface area contributed by atoms with Crippen LogP contribution in [-0.2, 0) is 0 Å². The van der Waals surface area contributed by atoms with Gasteiger partial charge in [-0.3, -0.25) is 0 Å². The third-order valence-electron chi connectivity index (χ3n) is 3.73. The van der Waals surface area contributed by atoms with Gasteiger partial charge < -0.3 is 10.6 Å². The van der Waals surface area contributed by atoms with Crippen LogP contribution in [0.2, 0.25) is 0 Å². The van der Waals surface area contributed by atoms with Gasteiger partial charge in [0.2, 0.25) is 0 Å². The van der Waals surface area contributed by atoms with Crippen LogP contribution in [-0.4, -0.2) is 31.1 Å². The number of nitrogens with zero attached hydrogens (tertiary/aromatic N) is 1. The number of hydrogen-bond acceptors (Lipinski definition) is 2. The van der Waals surface area contributed by atoms with Crippen LogP contribution >= 0.6 is 0 Å². The number of likely N-dealkylation sites (tertiary alicyclic amines) is 1. The molecule has 0 aromatic carbocycles. The highest BCUT2D eigenvalue weighted by atomic mass is 15.1. The Hall–Kier alpha value is -0.0800. The zero-order valence-electron chi connectivity index (χ0n) is 9.25. The summed E-state index contributed by atoms with van der Waals surface area (Å²) in [6, 6.07) is 0. The molecule has 1 saturated heterocycles. The first-order valence-electron chi connectivity index (χ1n) is 6.31. The SMILES string of the molecule is NCCC1CCCN(CC2CC2)CC1. The van der Waals surface area contributed by atoms with E-state index in [-0.39, 0.29) is 0 Å². The zero-order valence-corrected chi connectivity index (χ0v) is 9.25. The molecule has 2 fully saturated rings. The lowest BCUT2D eigenvalue weighted by atomic mass is 9.97. The predicted octanol–water partition coefficient (Wildman–Crippen LogP) is 1.85. The van der Waals surface area contributed by atoms with E-state index in [1.807, 2.05) is 0 Å². The van der Waals surface area contributed by atoms with E-state index < -0.39 is 0 Å². The van der Waals surface area contributed by atoms with Gasteiger partial charge in [0, 0.05) is 6.54 Å². The van der Waals surface area contributed by atoms with Crippen molar-refractivity contribution in [2.24, 2.45) is 17.6 Å². The molecule has 1 heterocycles. The lowest BCUT2D eigenvalue weighted by Crippen LogP contribution is -2.27. The molecule has 1 unspecified atom stereocenters. The monoisotopic (exact) mass is 196 g/mol. The maximum atomic E-state index is 5.62. The van der Waals surface area contributed by atoms with Crippen LogP contribution in [0, 0.1) is 11.8 Å². The smallest absolute Gasteiger partial charge is 0.000966 e. The van der Waals surface area contributed by atoms with Crippen LogP contribution in [0.3, 0.4) is 0 Å². The number of hydrogen-bond donors (Lipinski definition) is 1. The Labute approximate surface area is 87.8 Å². The number of rotatable bonds is 4. The summed E-state index contributed by atoms with van der Waals surface area (Å²) in [5.74, 6) is 1.98. The predicted molar refractivity (Wildman–Crippen MR) is 60.2 cm³/mol. The van der Waals surface area contributed by atoms with Crippen molar-refractivity contribution in [1.82, 2.24) is 4.90 Å². The Kier molecular flexibility index (Phi) is 3.82. The van der Waals surface area contributed by atoms with Crippen LogP contribution in [0.25, 0.3) is 0 Å². The molecule has 2 nitrogen and oxygen atoms in total. The standard InChI is InChI=1S/C12H24N2/c13-7-5-11-2-1-8-14(9-6-11)10-12-3-4-12/h11-12H,1-10,13H2. The molecule has 1 aliphatic heterocycles. The zero-order chi connectivity index (χ0) is 9.80. The van der Waals surface area contributed by atoms with Gasteiger partial charge in [-0.2, -0.15) is 0 Å². The Balaban J connectivity index is 1.69. The highest BCUT2D eigenvalue weighted by Crippen LogP contribution is 2.31. The molecule has 2 aliphatic rings. The third-order valence-corrected chi connectivity index (χ3v) is 3.73. The summed E-state index contributed by atoms with van der Waals surface area (Å²) >= 11 is 0. The molecular weight excluding hydrogens is 172 g/mol. The van der Waals surface area contributed by atoms with Crippen LogP contribution in [0.5, 0.6) is 0 Å². The van der Waals surface area contributed by atoms with Crippen molar-refractivity contribution in [1.29, 1.82) is 0 Å². The summed E-state index contributed by atoms with van der Waals surface area (Å²) in [5, 5.41) is 0. The maximum absolute atomic E-state index is 5.62. The van der Waals surface area contributed by atoms with E-state index in [0.29, 0.717) is 0 Å². The maximum Gasteiger partial charge on any atom is 0.000966 e. The van der Waals surface area contributed by atoms with Crippen LogP contribution in [0.15, 0.2) is 0 Å². The van der Waals surface area contributed by atoms with Crippen LogP contribution in [0.1, 0.15) is 38.5 Å². The first-order valence-corrected chi connectivity index (χ1v) is 6.31. The minimum atomic E-state index is 0.882. The van der Waals surface area contributed by atoms with Crippen molar-refractivity contribution in [3.05, 3.63) is 0 Å². The Morgan fingerprint density at radius 3 is 2.57 bits per heavy atom. The molecule has 82 valence electrons. The van der Waals surface area contributed by atoms with Gasteiger partial charge in [-0.1, -0.05) is 0 Å². The highest BCUT2D eigenvalue weighted by molar-refractivity contribution is 4.79. The molecule has 14 heavy (non-hydrogen) atoms. The fraction of sp³-hybridized carbons (Fsp3) is 1.00. The molecule has 0 amide bonds. The van der Waals surface area contributed by atoms with E-state index in [4.69, 9.17) is 5.73 Å². The summed E-state index contributed by atoms with van der Waals surface area (Å²) < 4.78 is 0. The van der Waals surface area contributed by atoms with E-state index in [9.17, 15) is 0 Å². The fourth-order valence-corrected chi connectivity index (χ4v) is 2.60. The van der Waals surface area contributed by atoms with Crippen molar-refractivity contribution in [3.8, 4) is 0 Å². The van der Waals surface area contributed by atoms with Gasteiger partial charge in [0.1, 0.15) is 0 Å². The van der Waals surface area contributed by atoms with Crippen molar-refractivity contribution in [2.45, 2.75) is 38.5 Å². The molecule has 0 bridgehead atoms. The fourth-order valence-electron chi connectivity index (χ4n) is 2.60. The normalized spacial score (nSPS) is 30.2. The molecule has 0 aromatic rings. The first-order chi connectivity index (χ1) is 6.88. The van der Waals surface area contributed by atoms with Crippen molar-refractivity contribution in [2.75, 3.05) is 26.2 Å². The third kappa shape index (κ3) is 3.25.